The van der Waals surface area contributed by atoms with Gasteiger partial charge in [0.1, 0.15) is 29.4 Å². The van der Waals surface area contributed by atoms with Gasteiger partial charge in [0, 0.05) is 18.4 Å². The van der Waals surface area contributed by atoms with Crippen molar-refractivity contribution in [2.45, 2.75) is 37.7 Å². The van der Waals surface area contributed by atoms with Crippen molar-refractivity contribution in [1.29, 1.82) is 0 Å². The number of hydrogen-bond acceptors (Lipinski definition) is 5. The van der Waals surface area contributed by atoms with Crippen molar-refractivity contribution in [3.05, 3.63) is 42.0 Å². The van der Waals surface area contributed by atoms with E-state index in [1.807, 2.05) is 31.2 Å². The number of H-pyrrole nitrogens is 1. The van der Waals surface area contributed by atoms with E-state index in [1.54, 1.807) is 7.11 Å². The standard InChI is InChI=1S/C16H19N3O3/c1-3-11-8-16(15(20)22-11,9-14-17-10-18-19-14)12-6-4-5-7-13(12)21-2/h4-7,10-11H,3,8-9H2,1-2H3,(H,17,18,19). The van der Waals surface area contributed by atoms with Gasteiger partial charge in [-0.3, -0.25) is 9.89 Å². The van der Waals surface area contributed by atoms with Gasteiger partial charge in [0.25, 0.3) is 0 Å². The summed E-state index contributed by atoms with van der Waals surface area (Å²) in [4.78, 5) is 16.9. The summed E-state index contributed by atoms with van der Waals surface area (Å²) in [5.74, 6) is 1.13. The van der Waals surface area contributed by atoms with Gasteiger partial charge in [-0.15, -0.1) is 0 Å². The van der Waals surface area contributed by atoms with Gasteiger partial charge in [0.15, 0.2) is 0 Å². The highest BCUT2D eigenvalue weighted by Crippen LogP contribution is 2.44. The van der Waals surface area contributed by atoms with Crippen molar-refractivity contribution in [1.82, 2.24) is 15.2 Å². The molecule has 0 amide bonds. The Morgan fingerprint density at radius 1 is 1.45 bits per heavy atom. The van der Waals surface area contributed by atoms with Crippen molar-refractivity contribution in [3.8, 4) is 5.75 Å². The van der Waals surface area contributed by atoms with Crippen LogP contribution in [-0.2, 0) is 21.4 Å². The Kier molecular flexibility index (Phi) is 3.83. The number of nitrogens with zero attached hydrogens (tertiary/aromatic N) is 2. The molecule has 22 heavy (non-hydrogen) atoms. The average molecular weight is 301 g/mol. The van der Waals surface area contributed by atoms with Gasteiger partial charge in [-0.2, -0.15) is 5.10 Å². The first kappa shape index (κ1) is 14.6. The SMILES string of the molecule is CCC1CC(Cc2ncn[nH]2)(c2ccccc2OC)C(=O)O1. The predicted octanol–water partition coefficient (Wildman–Crippen LogP) is 2.02. The maximum atomic E-state index is 12.7. The second-order valence-electron chi connectivity index (χ2n) is 5.53. The van der Waals surface area contributed by atoms with Crippen LogP contribution >= 0.6 is 0 Å². The van der Waals surface area contributed by atoms with Crippen LogP contribution in [0.5, 0.6) is 5.75 Å². The summed E-state index contributed by atoms with van der Waals surface area (Å²) >= 11 is 0. The monoisotopic (exact) mass is 301 g/mol. The Labute approximate surface area is 128 Å². The van der Waals surface area contributed by atoms with E-state index in [2.05, 4.69) is 15.2 Å². The first-order valence-corrected chi connectivity index (χ1v) is 7.38. The molecule has 2 unspecified atom stereocenters. The number of esters is 1. The van der Waals surface area contributed by atoms with Gasteiger partial charge < -0.3 is 9.47 Å². The molecule has 6 heteroatoms. The van der Waals surface area contributed by atoms with Crippen LogP contribution in [0, 0.1) is 0 Å². The van der Waals surface area contributed by atoms with Crippen LogP contribution in [0.25, 0.3) is 0 Å². The van der Waals surface area contributed by atoms with Crippen LogP contribution < -0.4 is 4.74 Å². The molecule has 3 rings (SSSR count). The molecule has 1 aromatic heterocycles. The highest BCUT2D eigenvalue weighted by atomic mass is 16.6. The zero-order valence-corrected chi connectivity index (χ0v) is 12.7. The number of cyclic esters (lactones) is 1. The van der Waals surface area contributed by atoms with Crippen molar-refractivity contribution < 1.29 is 14.3 Å². The second kappa shape index (κ2) is 5.79. The Morgan fingerprint density at radius 3 is 2.91 bits per heavy atom. The molecule has 2 aromatic rings. The Hall–Kier alpha value is -2.37. The van der Waals surface area contributed by atoms with Gasteiger partial charge >= 0.3 is 5.97 Å². The molecule has 2 heterocycles. The minimum Gasteiger partial charge on any atom is -0.496 e. The second-order valence-corrected chi connectivity index (χ2v) is 5.53. The van der Waals surface area contributed by atoms with E-state index in [1.165, 1.54) is 6.33 Å². The lowest BCUT2D eigenvalue weighted by Crippen LogP contribution is -2.35. The summed E-state index contributed by atoms with van der Waals surface area (Å²) in [6.45, 7) is 2.02. The van der Waals surface area contributed by atoms with E-state index in [-0.39, 0.29) is 12.1 Å². The topological polar surface area (TPSA) is 77.1 Å². The van der Waals surface area contributed by atoms with Gasteiger partial charge in [0.2, 0.25) is 0 Å². The van der Waals surface area contributed by atoms with E-state index in [4.69, 9.17) is 9.47 Å². The maximum absolute atomic E-state index is 12.7. The molecule has 1 aliphatic rings. The lowest BCUT2D eigenvalue weighted by atomic mass is 9.74. The fourth-order valence-electron chi connectivity index (χ4n) is 3.11. The summed E-state index contributed by atoms with van der Waals surface area (Å²) in [5, 5.41) is 6.72. The Balaban J connectivity index is 2.09. The maximum Gasteiger partial charge on any atom is 0.317 e. The molecule has 1 aromatic carbocycles. The molecule has 1 aliphatic heterocycles. The summed E-state index contributed by atoms with van der Waals surface area (Å²) < 4.78 is 11.0. The Morgan fingerprint density at radius 2 is 2.27 bits per heavy atom. The smallest absolute Gasteiger partial charge is 0.317 e. The van der Waals surface area contributed by atoms with E-state index >= 15 is 0 Å². The summed E-state index contributed by atoms with van der Waals surface area (Å²) in [6, 6.07) is 7.59. The van der Waals surface area contributed by atoms with Crippen molar-refractivity contribution >= 4 is 5.97 Å². The number of methoxy groups -OCH3 is 1. The third kappa shape index (κ3) is 2.34. The number of aromatic amines is 1. The van der Waals surface area contributed by atoms with Crippen LogP contribution in [-0.4, -0.2) is 34.4 Å². The molecule has 0 bridgehead atoms. The molecular formula is C16H19N3O3. The number of rotatable bonds is 5. The molecule has 6 nitrogen and oxygen atoms in total. The van der Waals surface area contributed by atoms with Gasteiger partial charge in [-0.1, -0.05) is 25.1 Å². The lowest BCUT2D eigenvalue weighted by molar-refractivity contribution is -0.145. The van der Waals surface area contributed by atoms with Crippen molar-refractivity contribution in [2.24, 2.45) is 0 Å². The Bertz CT molecular complexity index is 656. The first-order chi connectivity index (χ1) is 10.7. The molecule has 0 saturated carbocycles. The predicted molar refractivity (Wildman–Crippen MR) is 79.5 cm³/mol. The number of carbonyl (C=O) groups is 1. The van der Waals surface area contributed by atoms with Crippen LogP contribution in [0.4, 0.5) is 0 Å². The van der Waals surface area contributed by atoms with Crippen LogP contribution in [0.15, 0.2) is 30.6 Å². The third-order valence-electron chi connectivity index (χ3n) is 4.25. The quantitative estimate of drug-likeness (QED) is 0.855. The average Bonchev–Trinajstić information content (AvgIpc) is 3.16. The molecule has 0 spiro atoms. The highest BCUT2D eigenvalue weighted by molar-refractivity contribution is 5.86. The molecule has 1 N–H and O–H groups in total. The molecule has 116 valence electrons. The third-order valence-corrected chi connectivity index (χ3v) is 4.25. The summed E-state index contributed by atoms with van der Waals surface area (Å²) in [5.41, 5.74) is 0.0575. The van der Waals surface area contributed by atoms with Crippen LogP contribution in [0.1, 0.15) is 31.2 Å². The molecule has 0 aliphatic carbocycles. The lowest BCUT2D eigenvalue weighted by Gasteiger charge is -2.26. The van der Waals surface area contributed by atoms with E-state index in [0.29, 0.717) is 24.4 Å². The number of aromatic nitrogens is 3. The fraction of sp³-hybridized carbons (Fsp3) is 0.438. The van der Waals surface area contributed by atoms with Crippen molar-refractivity contribution in [3.63, 3.8) is 0 Å². The molecule has 0 radical (unpaired) electrons. The minimum atomic E-state index is -0.785. The number of nitrogens with one attached hydrogen (secondary N) is 1. The highest BCUT2D eigenvalue weighted by Gasteiger charge is 2.51. The van der Waals surface area contributed by atoms with Gasteiger partial charge in [-0.25, -0.2) is 4.98 Å². The van der Waals surface area contributed by atoms with Gasteiger partial charge in [-0.05, 0) is 12.5 Å². The number of carbonyl (C=O) groups excluding carboxylic acids is 1. The summed E-state index contributed by atoms with van der Waals surface area (Å²) in [7, 11) is 1.61. The van der Waals surface area contributed by atoms with Crippen molar-refractivity contribution in [2.75, 3.05) is 7.11 Å². The van der Waals surface area contributed by atoms with Crippen LogP contribution in [0.3, 0.4) is 0 Å². The fourth-order valence-corrected chi connectivity index (χ4v) is 3.11. The zero-order chi connectivity index (χ0) is 15.6. The zero-order valence-electron chi connectivity index (χ0n) is 12.7. The van der Waals surface area contributed by atoms with Gasteiger partial charge in [0.05, 0.1) is 7.11 Å². The number of para-hydroxylation sites is 1. The van der Waals surface area contributed by atoms with E-state index in [0.717, 1.165) is 12.0 Å². The van der Waals surface area contributed by atoms with Crippen LogP contribution in [0.2, 0.25) is 0 Å². The first-order valence-electron chi connectivity index (χ1n) is 7.38. The normalized spacial score (nSPS) is 24.3. The number of hydrogen-bond donors (Lipinski definition) is 1. The molecule has 1 fully saturated rings. The molecule has 1 saturated heterocycles. The van der Waals surface area contributed by atoms with E-state index in [9.17, 15) is 4.79 Å². The van der Waals surface area contributed by atoms with E-state index < -0.39 is 5.41 Å². The number of ether oxygens (including phenoxy) is 2. The largest absolute Gasteiger partial charge is 0.496 e. The minimum absolute atomic E-state index is 0.0830. The molecule has 2 atom stereocenters. The number of benzene rings is 1. The molecular weight excluding hydrogens is 282 g/mol. The summed E-state index contributed by atoms with van der Waals surface area (Å²) in [6.07, 6.45) is 3.19.